The Morgan fingerprint density at radius 3 is 2.88 bits per heavy atom. The minimum atomic E-state index is 0.940. The second-order valence-corrected chi connectivity index (χ2v) is 6.19. The molecule has 0 aromatic carbocycles. The van der Waals surface area contributed by atoms with Gasteiger partial charge in [-0.1, -0.05) is 12.5 Å². The number of thioether (sulfide) groups is 1. The van der Waals surface area contributed by atoms with Crippen LogP contribution in [-0.4, -0.2) is 16.4 Å². The number of allylic oxidation sites excluding steroid dienone is 1. The molecule has 4 heteroatoms. The SMILES string of the molecule is CC/C(C)=C/N=C(C)CSc1cnc(C)s1. The Bertz CT molecular complexity index is 391. The summed E-state index contributed by atoms with van der Waals surface area (Å²) in [4.78, 5) is 8.66. The van der Waals surface area contributed by atoms with Gasteiger partial charge in [0.05, 0.1) is 15.4 Å². The van der Waals surface area contributed by atoms with Crippen molar-refractivity contribution in [1.82, 2.24) is 4.98 Å². The van der Waals surface area contributed by atoms with Gasteiger partial charge in [-0.3, -0.25) is 4.99 Å². The van der Waals surface area contributed by atoms with Gasteiger partial charge in [0.1, 0.15) is 0 Å². The number of aryl methyl sites for hydroxylation is 1. The smallest absolute Gasteiger partial charge is 0.0905 e. The molecule has 0 unspecified atom stereocenters. The number of nitrogens with zero attached hydrogens (tertiary/aromatic N) is 2. The monoisotopic (exact) mass is 254 g/mol. The van der Waals surface area contributed by atoms with E-state index in [-0.39, 0.29) is 0 Å². The molecule has 0 spiro atoms. The summed E-state index contributed by atoms with van der Waals surface area (Å²) in [7, 11) is 0. The molecular weight excluding hydrogens is 236 g/mol. The van der Waals surface area contributed by atoms with Crippen LogP contribution in [0.2, 0.25) is 0 Å². The minimum Gasteiger partial charge on any atom is -0.265 e. The normalized spacial score (nSPS) is 13.2. The van der Waals surface area contributed by atoms with Crippen molar-refractivity contribution in [2.24, 2.45) is 4.99 Å². The third kappa shape index (κ3) is 4.94. The van der Waals surface area contributed by atoms with Gasteiger partial charge in [-0.05, 0) is 27.2 Å². The lowest BCUT2D eigenvalue weighted by atomic mass is 10.3. The fraction of sp³-hybridized carbons (Fsp3) is 0.500. The number of hydrogen-bond donors (Lipinski definition) is 0. The second kappa shape index (κ2) is 6.86. The zero-order valence-corrected chi connectivity index (χ0v) is 11.9. The van der Waals surface area contributed by atoms with Crippen LogP contribution >= 0.6 is 23.1 Å². The first-order chi connectivity index (χ1) is 7.61. The Kier molecular flexibility index (Phi) is 5.77. The van der Waals surface area contributed by atoms with Gasteiger partial charge in [-0.15, -0.1) is 23.1 Å². The van der Waals surface area contributed by atoms with Crippen LogP contribution in [0.5, 0.6) is 0 Å². The van der Waals surface area contributed by atoms with E-state index in [0.717, 1.165) is 22.9 Å². The lowest BCUT2D eigenvalue weighted by Gasteiger charge is -1.97. The predicted octanol–water partition coefficient (Wildman–Crippen LogP) is 4.32. The van der Waals surface area contributed by atoms with Crippen molar-refractivity contribution in [2.75, 3.05) is 5.75 Å². The molecule has 2 nitrogen and oxygen atoms in total. The molecule has 88 valence electrons. The van der Waals surface area contributed by atoms with Crippen molar-refractivity contribution in [2.45, 2.75) is 38.3 Å². The van der Waals surface area contributed by atoms with Crippen LogP contribution in [-0.2, 0) is 0 Å². The van der Waals surface area contributed by atoms with Gasteiger partial charge < -0.3 is 0 Å². The molecule has 0 aliphatic heterocycles. The van der Waals surface area contributed by atoms with Crippen LogP contribution in [0, 0.1) is 6.92 Å². The molecule has 0 fully saturated rings. The number of aliphatic imine (C=N–C) groups is 1. The second-order valence-electron chi connectivity index (χ2n) is 3.68. The number of hydrogen-bond acceptors (Lipinski definition) is 4. The number of thiazole rings is 1. The maximum Gasteiger partial charge on any atom is 0.0905 e. The molecule has 0 aliphatic rings. The summed E-state index contributed by atoms with van der Waals surface area (Å²) < 4.78 is 1.27. The molecule has 1 rings (SSSR count). The van der Waals surface area contributed by atoms with Crippen molar-refractivity contribution in [3.05, 3.63) is 23.0 Å². The highest BCUT2D eigenvalue weighted by Gasteiger charge is 1.99. The van der Waals surface area contributed by atoms with Crippen molar-refractivity contribution < 1.29 is 0 Å². The van der Waals surface area contributed by atoms with E-state index in [1.54, 1.807) is 23.1 Å². The molecule has 1 aromatic rings. The van der Waals surface area contributed by atoms with Crippen LogP contribution in [0.4, 0.5) is 0 Å². The van der Waals surface area contributed by atoms with Crippen LogP contribution in [0.1, 0.15) is 32.2 Å². The highest BCUT2D eigenvalue weighted by atomic mass is 32.2. The van der Waals surface area contributed by atoms with Crippen molar-refractivity contribution in [1.29, 1.82) is 0 Å². The molecule has 0 aliphatic carbocycles. The molecule has 1 aromatic heterocycles. The summed E-state index contributed by atoms with van der Waals surface area (Å²) in [6.07, 6.45) is 4.97. The highest BCUT2D eigenvalue weighted by Crippen LogP contribution is 2.24. The molecule has 0 amide bonds. The third-order valence-electron chi connectivity index (χ3n) is 2.09. The van der Waals surface area contributed by atoms with Gasteiger partial charge in [0.25, 0.3) is 0 Å². The van der Waals surface area contributed by atoms with Gasteiger partial charge in [-0.25, -0.2) is 4.98 Å². The van der Waals surface area contributed by atoms with Crippen LogP contribution in [0.15, 0.2) is 27.2 Å². The fourth-order valence-corrected chi connectivity index (χ4v) is 2.76. The molecule has 1 heterocycles. The van der Waals surface area contributed by atoms with E-state index in [4.69, 9.17) is 0 Å². The van der Waals surface area contributed by atoms with Crippen LogP contribution < -0.4 is 0 Å². The van der Waals surface area contributed by atoms with Crippen molar-refractivity contribution >= 4 is 28.8 Å². The Hall–Kier alpha value is -0.610. The van der Waals surface area contributed by atoms with Gasteiger partial charge in [0.15, 0.2) is 0 Å². The Labute approximate surface area is 106 Å². The van der Waals surface area contributed by atoms with Crippen molar-refractivity contribution in [3.8, 4) is 0 Å². The van der Waals surface area contributed by atoms with E-state index in [1.807, 2.05) is 19.3 Å². The first kappa shape index (κ1) is 13.5. The average Bonchev–Trinajstić information content (AvgIpc) is 2.69. The number of rotatable bonds is 5. The summed E-state index contributed by atoms with van der Waals surface area (Å²) in [6, 6.07) is 0. The maximum absolute atomic E-state index is 4.43. The molecule has 0 radical (unpaired) electrons. The Morgan fingerprint density at radius 1 is 1.56 bits per heavy atom. The first-order valence-electron chi connectivity index (χ1n) is 5.36. The zero-order chi connectivity index (χ0) is 12.0. The highest BCUT2D eigenvalue weighted by molar-refractivity contribution is 8.01. The van der Waals surface area contributed by atoms with Crippen molar-refractivity contribution in [3.63, 3.8) is 0 Å². The minimum absolute atomic E-state index is 0.940. The number of aromatic nitrogens is 1. The zero-order valence-electron chi connectivity index (χ0n) is 10.3. The van der Waals surface area contributed by atoms with Gasteiger partial charge in [0.2, 0.25) is 0 Å². The predicted molar refractivity (Wildman–Crippen MR) is 74.7 cm³/mol. The molecule has 0 saturated heterocycles. The van der Waals surface area contributed by atoms with Gasteiger partial charge >= 0.3 is 0 Å². The summed E-state index contributed by atoms with van der Waals surface area (Å²) in [5.74, 6) is 0.940. The molecule has 0 N–H and O–H groups in total. The largest absolute Gasteiger partial charge is 0.265 e. The van der Waals surface area contributed by atoms with E-state index in [1.165, 1.54) is 9.78 Å². The van der Waals surface area contributed by atoms with E-state index in [9.17, 15) is 0 Å². The lowest BCUT2D eigenvalue weighted by molar-refractivity contribution is 1.09. The third-order valence-corrected chi connectivity index (χ3v) is 4.35. The summed E-state index contributed by atoms with van der Waals surface area (Å²) >= 11 is 3.54. The average molecular weight is 254 g/mol. The lowest BCUT2D eigenvalue weighted by Crippen LogP contribution is -1.93. The Morgan fingerprint density at radius 2 is 2.31 bits per heavy atom. The molecule has 0 bridgehead atoms. The van der Waals surface area contributed by atoms with Crippen LogP contribution in [0.25, 0.3) is 0 Å². The van der Waals surface area contributed by atoms with E-state index >= 15 is 0 Å². The quantitative estimate of drug-likeness (QED) is 0.577. The molecular formula is C12H18N2S2. The molecule has 16 heavy (non-hydrogen) atoms. The summed E-state index contributed by atoms with van der Waals surface area (Å²) in [5.41, 5.74) is 2.47. The van der Waals surface area contributed by atoms with Gasteiger partial charge in [-0.2, -0.15) is 0 Å². The summed E-state index contributed by atoms with van der Waals surface area (Å²) in [6.45, 7) is 8.35. The van der Waals surface area contributed by atoms with E-state index in [0.29, 0.717) is 0 Å². The fourth-order valence-electron chi connectivity index (χ4n) is 0.933. The standard InChI is InChI=1S/C12H18N2S2/c1-5-9(2)6-13-10(3)8-15-12-7-14-11(4)16-12/h6-7H,5,8H2,1-4H3/b9-6+,13-10?. The van der Waals surface area contributed by atoms with Crippen LogP contribution in [0.3, 0.4) is 0 Å². The summed E-state index contributed by atoms with van der Waals surface area (Å²) in [5, 5.41) is 1.12. The maximum atomic E-state index is 4.43. The molecule has 0 atom stereocenters. The molecule has 0 saturated carbocycles. The van der Waals surface area contributed by atoms with Gasteiger partial charge in [0, 0.05) is 17.7 Å². The first-order valence-corrected chi connectivity index (χ1v) is 7.16. The van der Waals surface area contributed by atoms with E-state index < -0.39 is 0 Å². The van der Waals surface area contributed by atoms with E-state index in [2.05, 4.69) is 30.7 Å². The Balaban J connectivity index is 2.43. The topological polar surface area (TPSA) is 25.2 Å².